The molecule has 1 atom stereocenters. The molecule has 1 heterocycles. The predicted molar refractivity (Wildman–Crippen MR) is 112 cm³/mol. The first-order valence-corrected chi connectivity index (χ1v) is 10.3. The predicted octanol–water partition coefficient (Wildman–Crippen LogP) is 5.05. The molecule has 3 aromatic rings. The van der Waals surface area contributed by atoms with E-state index < -0.39 is 11.0 Å². The molecule has 0 aliphatic rings. The normalized spacial score (nSPS) is 11.8. The number of aromatic nitrogens is 2. The summed E-state index contributed by atoms with van der Waals surface area (Å²) in [7, 11) is 0. The van der Waals surface area contributed by atoms with Crippen molar-refractivity contribution in [1.82, 2.24) is 10.2 Å². The van der Waals surface area contributed by atoms with Gasteiger partial charge in [0.05, 0.1) is 11.3 Å². The van der Waals surface area contributed by atoms with Crippen LogP contribution in [0.4, 0.5) is 5.69 Å². The molecular formula is C21H21N3O5S. The van der Waals surface area contributed by atoms with E-state index in [0.717, 1.165) is 4.90 Å². The number of nitrogens with zero attached hydrogens (tertiary/aromatic N) is 3. The summed E-state index contributed by atoms with van der Waals surface area (Å²) in [5, 5.41) is 18.6. The molecule has 0 fully saturated rings. The monoisotopic (exact) mass is 427 g/mol. The second-order valence-electron chi connectivity index (χ2n) is 6.73. The van der Waals surface area contributed by atoms with Crippen molar-refractivity contribution in [3.8, 4) is 11.5 Å². The second kappa shape index (κ2) is 9.53. The summed E-state index contributed by atoms with van der Waals surface area (Å²) in [5.41, 5.74) is 2.97. The van der Waals surface area contributed by atoms with E-state index in [1.165, 1.54) is 35.4 Å². The standard InChI is InChI=1S/C21H21N3O5S/c1-13-4-9-18(12-14(13)2)30-11-10-19(25)28-15(3)20-22-23-21(29-20)16-5-7-17(8-6-16)24(26)27/h4-9,12,15H,10-11H2,1-3H3. The fourth-order valence-electron chi connectivity index (χ4n) is 2.60. The van der Waals surface area contributed by atoms with Gasteiger partial charge in [-0.2, -0.15) is 0 Å². The van der Waals surface area contributed by atoms with Crippen molar-refractivity contribution in [2.24, 2.45) is 0 Å². The minimum atomic E-state index is -0.691. The van der Waals surface area contributed by atoms with Crippen molar-refractivity contribution >= 4 is 23.4 Å². The minimum absolute atomic E-state index is 0.0283. The molecule has 8 nitrogen and oxygen atoms in total. The van der Waals surface area contributed by atoms with Gasteiger partial charge in [0, 0.05) is 28.3 Å². The molecule has 3 rings (SSSR count). The molecule has 0 aliphatic heterocycles. The number of benzene rings is 2. The Balaban J connectivity index is 1.51. The van der Waals surface area contributed by atoms with E-state index in [9.17, 15) is 14.9 Å². The van der Waals surface area contributed by atoms with Crippen molar-refractivity contribution in [2.45, 2.75) is 38.2 Å². The molecule has 0 aliphatic carbocycles. The number of hydrogen-bond donors (Lipinski definition) is 0. The number of esters is 1. The molecule has 0 spiro atoms. The quantitative estimate of drug-likeness (QED) is 0.213. The average Bonchev–Trinajstić information content (AvgIpc) is 3.21. The van der Waals surface area contributed by atoms with Gasteiger partial charge in [-0.3, -0.25) is 14.9 Å². The summed E-state index contributed by atoms with van der Waals surface area (Å²) in [6.45, 7) is 5.78. The Morgan fingerprint density at radius 2 is 1.90 bits per heavy atom. The molecule has 2 aromatic carbocycles. The highest BCUT2D eigenvalue weighted by molar-refractivity contribution is 7.99. The molecular weight excluding hydrogens is 406 g/mol. The lowest BCUT2D eigenvalue weighted by Crippen LogP contribution is -2.09. The summed E-state index contributed by atoms with van der Waals surface area (Å²) >= 11 is 1.60. The number of aryl methyl sites for hydroxylation is 2. The first kappa shape index (κ1) is 21.5. The number of carbonyl (C=O) groups is 1. The third-order valence-electron chi connectivity index (χ3n) is 4.47. The molecule has 0 saturated carbocycles. The van der Waals surface area contributed by atoms with Crippen molar-refractivity contribution in [3.05, 3.63) is 69.6 Å². The van der Waals surface area contributed by atoms with Gasteiger partial charge in [-0.1, -0.05) is 6.07 Å². The maximum atomic E-state index is 12.1. The minimum Gasteiger partial charge on any atom is -0.453 e. The Kier molecular flexibility index (Phi) is 6.83. The van der Waals surface area contributed by atoms with Crippen LogP contribution in [0.15, 0.2) is 51.8 Å². The summed E-state index contributed by atoms with van der Waals surface area (Å²) in [4.78, 5) is 23.5. The van der Waals surface area contributed by atoms with E-state index in [0.29, 0.717) is 11.3 Å². The Morgan fingerprint density at radius 3 is 2.57 bits per heavy atom. The molecule has 0 saturated heterocycles. The Labute approximate surface area is 177 Å². The number of nitro groups is 1. The van der Waals surface area contributed by atoms with Crippen molar-refractivity contribution < 1.29 is 18.9 Å². The smallest absolute Gasteiger partial charge is 0.307 e. The number of rotatable bonds is 8. The van der Waals surface area contributed by atoms with Crippen LogP contribution in [-0.2, 0) is 9.53 Å². The lowest BCUT2D eigenvalue weighted by molar-refractivity contribution is -0.384. The number of carbonyl (C=O) groups excluding carboxylic acids is 1. The van der Waals surface area contributed by atoms with Crippen LogP contribution >= 0.6 is 11.8 Å². The van der Waals surface area contributed by atoms with Gasteiger partial charge in [0.1, 0.15) is 0 Å². The molecule has 9 heteroatoms. The van der Waals surface area contributed by atoms with Gasteiger partial charge in [-0.25, -0.2) is 0 Å². The van der Waals surface area contributed by atoms with Crippen LogP contribution in [0.25, 0.3) is 11.5 Å². The van der Waals surface area contributed by atoms with Crippen LogP contribution in [0, 0.1) is 24.0 Å². The maximum absolute atomic E-state index is 12.1. The molecule has 1 unspecified atom stereocenters. The topological polar surface area (TPSA) is 108 Å². The number of thioether (sulfide) groups is 1. The van der Waals surface area contributed by atoms with E-state index in [-0.39, 0.29) is 29.9 Å². The van der Waals surface area contributed by atoms with E-state index in [4.69, 9.17) is 9.15 Å². The van der Waals surface area contributed by atoms with Crippen LogP contribution in [0.2, 0.25) is 0 Å². The highest BCUT2D eigenvalue weighted by Gasteiger charge is 2.19. The fourth-order valence-corrected chi connectivity index (χ4v) is 3.53. The largest absolute Gasteiger partial charge is 0.453 e. The SMILES string of the molecule is Cc1ccc(SCCC(=O)OC(C)c2nnc(-c3ccc([N+](=O)[O-])cc3)o2)cc1C. The fraction of sp³-hybridized carbons (Fsp3) is 0.286. The Hall–Kier alpha value is -3.20. The molecule has 156 valence electrons. The van der Waals surface area contributed by atoms with Gasteiger partial charge in [0.25, 0.3) is 11.6 Å². The zero-order valence-corrected chi connectivity index (χ0v) is 17.6. The second-order valence-corrected chi connectivity index (χ2v) is 7.89. The van der Waals surface area contributed by atoms with Gasteiger partial charge in [-0.05, 0) is 56.2 Å². The van der Waals surface area contributed by atoms with Gasteiger partial charge in [-0.15, -0.1) is 22.0 Å². The van der Waals surface area contributed by atoms with E-state index >= 15 is 0 Å². The molecule has 0 N–H and O–H groups in total. The first-order valence-electron chi connectivity index (χ1n) is 9.31. The highest BCUT2D eigenvalue weighted by Crippen LogP contribution is 2.25. The lowest BCUT2D eigenvalue weighted by atomic mass is 10.1. The van der Waals surface area contributed by atoms with E-state index in [1.807, 2.05) is 6.07 Å². The molecule has 1 aromatic heterocycles. The van der Waals surface area contributed by atoms with Gasteiger partial charge >= 0.3 is 5.97 Å². The van der Waals surface area contributed by atoms with Crippen LogP contribution in [0.3, 0.4) is 0 Å². The lowest BCUT2D eigenvalue weighted by Gasteiger charge is -2.09. The number of non-ortho nitro benzene ring substituents is 1. The summed E-state index contributed by atoms with van der Waals surface area (Å²) in [6.07, 6.45) is -0.436. The number of hydrogen-bond acceptors (Lipinski definition) is 8. The molecule has 0 bridgehead atoms. The first-order chi connectivity index (χ1) is 14.3. The molecule has 0 amide bonds. The Morgan fingerprint density at radius 1 is 1.17 bits per heavy atom. The highest BCUT2D eigenvalue weighted by atomic mass is 32.2. The zero-order chi connectivity index (χ0) is 21.7. The third-order valence-corrected chi connectivity index (χ3v) is 5.47. The van der Waals surface area contributed by atoms with Crippen LogP contribution in [0.1, 0.15) is 36.5 Å². The van der Waals surface area contributed by atoms with E-state index in [1.54, 1.807) is 18.7 Å². The maximum Gasteiger partial charge on any atom is 0.307 e. The van der Waals surface area contributed by atoms with Crippen molar-refractivity contribution in [3.63, 3.8) is 0 Å². The number of ether oxygens (including phenoxy) is 1. The number of nitro benzene ring substituents is 1. The molecule has 0 radical (unpaired) electrons. The summed E-state index contributed by atoms with van der Waals surface area (Å²) < 4.78 is 10.9. The zero-order valence-electron chi connectivity index (χ0n) is 16.8. The third kappa shape index (κ3) is 5.44. The van der Waals surface area contributed by atoms with Crippen LogP contribution < -0.4 is 0 Å². The Bertz CT molecular complexity index is 1050. The van der Waals surface area contributed by atoms with Crippen LogP contribution in [0.5, 0.6) is 0 Å². The summed E-state index contributed by atoms with van der Waals surface area (Å²) in [6, 6.07) is 12.0. The van der Waals surface area contributed by atoms with Gasteiger partial charge in [0.2, 0.25) is 5.89 Å². The van der Waals surface area contributed by atoms with Gasteiger partial charge in [0.15, 0.2) is 6.10 Å². The summed E-state index contributed by atoms with van der Waals surface area (Å²) in [5.74, 6) is 0.617. The van der Waals surface area contributed by atoms with Crippen molar-refractivity contribution in [2.75, 3.05) is 5.75 Å². The average molecular weight is 427 g/mol. The van der Waals surface area contributed by atoms with Gasteiger partial charge < -0.3 is 9.15 Å². The van der Waals surface area contributed by atoms with E-state index in [2.05, 4.69) is 36.2 Å². The van der Waals surface area contributed by atoms with Crippen molar-refractivity contribution in [1.29, 1.82) is 0 Å². The van der Waals surface area contributed by atoms with Crippen LogP contribution in [-0.4, -0.2) is 26.8 Å². The molecule has 30 heavy (non-hydrogen) atoms.